The molecule has 2 aromatic carbocycles. The molecule has 0 aliphatic heterocycles. The fourth-order valence-electron chi connectivity index (χ4n) is 2.35. The number of hydrogen-bond donors (Lipinski definition) is 4. The first-order chi connectivity index (χ1) is 13.4. The van der Waals surface area contributed by atoms with Crippen LogP contribution in [0.2, 0.25) is 0 Å². The van der Waals surface area contributed by atoms with Crippen LogP contribution in [0.25, 0.3) is 0 Å². The quantitative estimate of drug-likeness (QED) is 0.555. The minimum atomic E-state index is -1.17. The number of urea groups is 1. The molecular formula is C21H21N3O4. The minimum absolute atomic E-state index is 0.312. The molecule has 28 heavy (non-hydrogen) atoms. The monoisotopic (exact) mass is 379 g/mol. The van der Waals surface area contributed by atoms with Crippen molar-refractivity contribution >= 4 is 17.7 Å². The molecule has 144 valence electrons. The van der Waals surface area contributed by atoms with E-state index in [0.717, 1.165) is 11.1 Å². The van der Waals surface area contributed by atoms with Gasteiger partial charge in [0.05, 0.1) is 12.6 Å². The van der Waals surface area contributed by atoms with Crippen molar-refractivity contribution in [1.82, 2.24) is 10.6 Å². The summed E-state index contributed by atoms with van der Waals surface area (Å²) < 4.78 is 0. The Bertz CT molecular complexity index is 897. The number of Topliss-reactive ketones (excluding diaryl/α,β-unsaturated/α-hetero) is 1. The van der Waals surface area contributed by atoms with Crippen LogP contribution in [-0.2, 0) is 4.79 Å². The van der Waals surface area contributed by atoms with Gasteiger partial charge in [-0.25, -0.2) is 4.79 Å². The molecule has 0 radical (unpaired) electrons. The van der Waals surface area contributed by atoms with E-state index in [-0.39, 0.29) is 6.54 Å². The summed E-state index contributed by atoms with van der Waals surface area (Å²) in [5, 5.41) is 14.4. The van der Waals surface area contributed by atoms with Gasteiger partial charge in [-0.3, -0.25) is 9.59 Å². The second kappa shape index (κ2) is 9.90. The van der Waals surface area contributed by atoms with Gasteiger partial charge >= 0.3 is 6.03 Å². The van der Waals surface area contributed by atoms with Crippen molar-refractivity contribution < 1.29 is 19.5 Å². The maximum Gasteiger partial charge on any atom is 0.312 e. The van der Waals surface area contributed by atoms with Crippen LogP contribution >= 0.6 is 0 Å². The lowest BCUT2D eigenvalue weighted by atomic mass is 10.1. The van der Waals surface area contributed by atoms with Gasteiger partial charge in [0.15, 0.2) is 5.78 Å². The Morgan fingerprint density at radius 1 is 1.00 bits per heavy atom. The highest BCUT2D eigenvalue weighted by molar-refractivity contribution is 5.99. The first-order valence-corrected chi connectivity index (χ1v) is 8.59. The smallest absolute Gasteiger partial charge is 0.312 e. The molecule has 0 aliphatic carbocycles. The molecular weight excluding hydrogens is 358 g/mol. The molecule has 2 aromatic rings. The van der Waals surface area contributed by atoms with E-state index in [0.29, 0.717) is 5.56 Å². The molecule has 5 N–H and O–H groups in total. The predicted molar refractivity (Wildman–Crippen MR) is 104 cm³/mol. The summed E-state index contributed by atoms with van der Waals surface area (Å²) in [6.45, 7) is 0.981. The molecule has 0 heterocycles. The molecule has 2 atom stereocenters. The summed E-state index contributed by atoms with van der Waals surface area (Å²) in [6, 6.07) is 14.0. The van der Waals surface area contributed by atoms with Crippen molar-refractivity contribution in [2.75, 3.05) is 6.54 Å². The maximum absolute atomic E-state index is 12.4. The molecule has 0 spiro atoms. The van der Waals surface area contributed by atoms with E-state index in [4.69, 9.17) is 5.73 Å². The van der Waals surface area contributed by atoms with E-state index in [1.54, 1.807) is 24.3 Å². The van der Waals surface area contributed by atoms with Crippen LogP contribution in [0, 0.1) is 11.8 Å². The maximum atomic E-state index is 12.4. The van der Waals surface area contributed by atoms with Gasteiger partial charge in [-0.2, -0.15) is 0 Å². The zero-order chi connectivity index (χ0) is 20.5. The molecule has 7 nitrogen and oxygen atoms in total. The van der Waals surface area contributed by atoms with Crippen LogP contribution < -0.4 is 16.4 Å². The van der Waals surface area contributed by atoms with Crippen molar-refractivity contribution in [2.24, 2.45) is 5.73 Å². The second-order valence-electron chi connectivity index (χ2n) is 6.07. The number of aliphatic hydroxyl groups is 1. The van der Waals surface area contributed by atoms with Gasteiger partial charge in [-0.1, -0.05) is 30.0 Å². The van der Waals surface area contributed by atoms with Crippen LogP contribution in [0.15, 0.2) is 54.6 Å². The summed E-state index contributed by atoms with van der Waals surface area (Å²) >= 11 is 0. The summed E-state index contributed by atoms with van der Waals surface area (Å²) in [6.07, 6.45) is -1.14. The largest absolute Gasteiger partial charge is 0.391 e. The highest BCUT2D eigenvalue weighted by Crippen LogP contribution is 2.06. The van der Waals surface area contributed by atoms with E-state index < -0.39 is 29.9 Å². The van der Waals surface area contributed by atoms with Gasteiger partial charge < -0.3 is 21.5 Å². The zero-order valence-corrected chi connectivity index (χ0v) is 15.3. The van der Waals surface area contributed by atoms with Gasteiger partial charge in [0, 0.05) is 16.7 Å². The topological polar surface area (TPSA) is 122 Å². The third kappa shape index (κ3) is 6.27. The second-order valence-corrected chi connectivity index (χ2v) is 6.07. The number of amides is 3. The van der Waals surface area contributed by atoms with Gasteiger partial charge in [-0.15, -0.1) is 0 Å². The van der Waals surface area contributed by atoms with Crippen molar-refractivity contribution in [3.63, 3.8) is 0 Å². The van der Waals surface area contributed by atoms with Crippen LogP contribution in [-0.4, -0.2) is 41.5 Å². The van der Waals surface area contributed by atoms with E-state index in [9.17, 15) is 19.5 Å². The fraction of sp³-hybridized carbons (Fsp3) is 0.190. The number of primary amides is 1. The summed E-state index contributed by atoms with van der Waals surface area (Å²) in [5.41, 5.74) is 6.85. The van der Waals surface area contributed by atoms with Crippen LogP contribution in [0.1, 0.15) is 28.4 Å². The molecule has 0 bridgehead atoms. The number of carbonyl (C=O) groups is 3. The number of ketones is 1. The summed E-state index contributed by atoms with van der Waals surface area (Å²) in [7, 11) is 0. The molecule has 0 aromatic heterocycles. The SMILES string of the molecule is C[C@@H](O)[C@H](NC(=O)c1ccc(C#Cc2ccccc2)cc1)C(=O)CNC(N)=O. The van der Waals surface area contributed by atoms with Crippen LogP contribution in [0.4, 0.5) is 4.79 Å². The fourth-order valence-corrected chi connectivity index (χ4v) is 2.35. The van der Waals surface area contributed by atoms with E-state index in [2.05, 4.69) is 22.5 Å². The Morgan fingerprint density at radius 2 is 1.57 bits per heavy atom. The molecule has 0 fully saturated rings. The lowest BCUT2D eigenvalue weighted by molar-refractivity contribution is -0.122. The van der Waals surface area contributed by atoms with Crippen molar-refractivity contribution in [1.29, 1.82) is 0 Å². The Hall–Kier alpha value is -3.63. The summed E-state index contributed by atoms with van der Waals surface area (Å²) in [4.78, 5) is 35.2. The number of nitrogens with one attached hydrogen (secondary N) is 2. The van der Waals surface area contributed by atoms with Crippen LogP contribution in [0.3, 0.4) is 0 Å². The standard InChI is InChI=1S/C21H21N3O4/c1-14(25)19(18(26)13-23-21(22)28)24-20(27)17-11-9-16(10-12-17)8-7-15-5-3-2-4-6-15/h2-6,9-12,14,19,25H,13H2,1H3,(H,24,27)(H3,22,23,28)/t14-,19+/m1/s1. The highest BCUT2D eigenvalue weighted by atomic mass is 16.3. The molecule has 0 saturated carbocycles. The molecule has 0 aliphatic rings. The predicted octanol–water partition coefficient (Wildman–Crippen LogP) is 0.803. The highest BCUT2D eigenvalue weighted by Gasteiger charge is 2.25. The number of benzene rings is 2. The molecule has 7 heteroatoms. The zero-order valence-electron chi connectivity index (χ0n) is 15.3. The lowest BCUT2D eigenvalue weighted by Crippen LogP contribution is -2.51. The van der Waals surface area contributed by atoms with E-state index >= 15 is 0 Å². The molecule has 3 amide bonds. The average molecular weight is 379 g/mol. The Morgan fingerprint density at radius 3 is 2.11 bits per heavy atom. The van der Waals surface area contributed by atoms with Gasteiger partial charge in [0.2, 0.25) is 0 Å². The third-order valence-corrected chi connectivity index (χ3v) is 3.82. The van der Waals surface area contributed by atoms with Crippen molar-refractivity contribution in [3.8, 4) is 11.8 Å². The lowest BCUT2D eigenvalue weighted by Gasteiger charge is -2.20. The van der Waals surface area contributed by atoms with Gasteiger partial charge in [0.25, 0.3) is 5.91 Å². The average Bonchev–Trinajstić information content (AvgIpc) is 2.69. The Labute approximate surface area is 162 Å². The first-order valence-electron chi connectivity index (χ1n) is 8.59. The number of hydrogen-bond acceptors (Lipinski definition) is 4. The summed E-state index contributed by atoms with van der Waals surface area (Å²) in [5.74, 6) is 4.94. The van der Waals surface area contributed by atoms with Gasteiger partial charge in [0.1, 0.15) is 6.04 Å². The Balaban J connectivity index is 2.04. The number of aliphatic hydroxyl groups excluding tert-OH is 1. The van der Waals surface area contributed by atoms with E-state index in [1.165, 1.54) is 6.92 Å². The number of carbonyl (C=O) groups excluding carboxylic acids is 3. The third-order valence-electron chi connectivity index (χ3n) is 3.82. The van der Waals surface area contributed by atoms with Crippen LogP contribution in [0.5, 0.6) is 0 Å². The van der Waals surface area contributed by atoms with Gasteiger partial charge in [-0.05, 0) is 43.3 Å². The minimum Gasteiger partial charge on any atom is -0.391 e. The van der Waals surface area contributed by atoms with Crippen molar-refractivity contribution in [3.05, 3.63) is 71.3 Å². The molecule has 0 saturated heterocycles. The Kier molecular flexibility index (Phi) is 7.31. The molecule has 0 unspecified atom stereocenters. The number of rotatable bonds is 6. The van der Waals surface area contributed by atoms with E-state index in [1.807, 2.05) is 30.3 Å². The normalized spacial score (nSPS) is 12.1. The molecule has 2 rings (SSSR count). The number of nitrogens with two attached hydrogens (primary N) is 1. The van der Waals surface area contributed by atoms with Crippen molar-refractivity contribution in [2.45, 2.75) is 19.1 Å². The first kappa shape index (κ1) is 20.7.